The quantitative estimate of drug-likeness (QED) is 0.736. The van der Waals surface area contributed by atoms with E-state index in [4.69, 9.17) is 14.2 Å². The molecule has 1 unspecified atom stereocenters. The van der Waals surface area contributed by atoms with Crippen LogP contribution in [0.3, 0.4) is 0 Å². The summed E-state index contributed by atoms with van der Waals surface area (Å²) in [6.07, 6.45) is -0.884. The first-order valence-corrected chi connectivity index (χ1v) is 8.51. The van der Waals surface area contributed by atoms with Crippen LogP contribution in [0.4, 0.5) is 0 Å². The van der Waals surface area contributed by atoms with Gasteiger partial charge in [-0.2, -0.15) is 9.97 Å². The Morgan fingerprint density at radius 2 is 1.54 bits per heavy atom. The van der Waals surface area contributed by atoms with Gasteiger partial charge in [-0.05, 0) is 13.8 Å². The van der Waals surface area contributed by atoms with Crippen LogP contribution in [0, 0.1) is 0 Å². The molecule has 1 aromatic carbocycles. The van der Waals surface area contributed by atoms with Crippen molar-refractivity contribution in [2.45, 2.75) is 32.9 Å². The van der Waals surface area contributed by atoms with Gasteiger partial charge in [0.05, 0.1) is 20.3 Å². The number of rotatable bonds is 7. The number of benzene rings is 1. The van der Waals surface area contributed by atoms with Gasteiger partial charge in [-0.15, -0.1) is 0 Å². The summed E-state index contributed by atoms with van der Waals surface area (Å²) >= 11 is 0. The Bertz CT molecular complexity index is 742. The topological polar surface area (TPSA) is 126 Å². The molecule has 1 atom stereocenters. The third-order valence-electron chi connectivity index (χ3n) is 3.07. The van der Waals surface area contributed by atoms with E-state index in [1.165, 1.54) is 27.2 Å². The minimum absolute atomic E-state index is 0.000964. The van der Waals surface area contributed by atoms with E-state index in [0.717, 1.165) is 0 Å². The summed E-state index contributed by atoms with van der Waals surface area (Å²) in [6, 6.07) is 10.7. The fourth-order valence-electron chi connectivity index (χ4n) is 2.01. The number of aromatic nitrogens is 2. The van der Waals surface area contributed by atoms with Gasteiger partial charge in [0, 0.05) is 18.5 Å². The van der Waals surface area contributed by atoms with E-state index in [2.05, 4.69) is 21.0 Å². The Balaban J connectivity index is 0.000000892. The third-order valence-corrected chi connectivity index (χ3v) is 3.07. The Morgan fingerprint density at radius 3 is 1.96 bits per heavy atom. The van der Waals surface area contributed by atoms with E-state index < -0.39 is 6.10 Å². The second-order valence-electron chi connectivity index (χ2n) is 5.92. The third kappa shape index (κ3) is 7.90. The highest BCUT2D eigenvalue weighted by Crippen LogP contribution is 2.24. The molecule has 1 heterocycles. The van der Waals surface area contributed by atoms with Crippen molar-refractivity contribution in [2.75, 3.05) is 14.2 Å². The van der Waals surface area contributed by atoms with Crippen LogP contribution in [-0.4, -0.2) is 42.0 Å². The molecule has 0 fully saturated rings. The molecule has 0 saturated carbocycles. The van der Waals surface area contributed by atoms with Crippen molar-refractivity contribution in [1.29, 1.82) is 0 Å². The van der Waals surface area contributed by atoms with E-state index in [0.29, 0.717) is 5.56 Å². The maximum absolute atomic E-state index is 12.5. The van der Waals surface area contributed by atoms with Crippen LogP contribution in [0.1, 0.15) is 32.4 Å². The Morgan fingerprint density at radius 1 is 1.04 bits per heavy atom. The van der Waals surface area contributed by atoms with Crippen LogP contribution in [-0.2, 0) is 9.59 Å². The first-order valence-electron chi connectivity index (χ1n) is 8.51. The van der Waals surface area contributed by atoms with E-state index in [9.17, 15) is 9.59 Å². The Hall–Kier alpha value is -3.36. The van der Waals surface area contributed by atoms with Gasteiger partial charge in [0.25, 0.3) is 5.91 Å². The molecule has 2 rings (SSSR count). The predicted molar refractivity (Wildman–Crippen MR) is 103 cm³/mol. The van der Waals surface area contributed by atoms with Crippen molar-refractivity contribution in [3.63, 3.8) is 0 Å². The molecule has 0 radical (unpaired) electrons. The number of amides is 2. The first-order chi connectivity index (χ1) is 13.3. The van der Waals surface area contributed by atoms with Crippen LogP contribution in [0.25, 0.3) is 0 Å². The Kier molecular flexibility index (Phi) is 9.21. The maximum Gasteiger partial charge on any atom is 0.324 e. The first kappa shape index (κ1) is 22.7. The summed E-state index contributed by atoms with van der Waals surface area (Å²) in [6.45, 7) is 5.07. The molecule has 2 amide bonds. The highest BCUT2D eigenvalue weighted by atomic mass is 16.5. The van der Waals surface area contributed by atoms with Gasteiger partial charge in [-0.25, -0.2) is 0 Å². The smallest absolute Gasteiger partial charge is 0.324 e. The van der Waals surface area contributed by atoms with E-state index in [1.54, 1.807) is 0 Å². The van der Waals surface area contributed by atoms with Crippen molar-refractivity contribution in [1.82, 2.24) is 15.3 Å². The molecule has 2 aromatic rings. The number of methoxy groups -OCH3 is 2. The molecule has 9 nitrogen and oxygen atoms in total. The number of carbonyl (C=O) groups is 2. The summed E-state index contributed by atoms with van der Waals surface area (Å²) in [4.78, 5) is 30.0. The predicted octanol–water partition coefficient (Wildman–Crippen LogP) is 1.63. The van der Waals surface area contributed by atoms with Crippen LogP contribution in [0.15, 0.2) is 36.4 Å². The standard InChI is InChI=1S/C17H21N3O4.C2H5NO/c1-11(2)18-16(21)15(12-8-6-5-7-9-12)24-17-19-13(22-3)10-14(20-17)23-4;1-2(3)4/h5-11,15H,1-4H3,(H,18,21);1H3,(H2,3,4). The number of hydrogen-bond donors (Lipinski definition) is 2. The number of nitrogens with zero attached hydrogens (tertiary/aromatic N) is 2. The minimum atomic E-state index is -0.884. The van der Waals surface area contributed by atoms with Crippen molar-refractivity contribution < 1.29 is 23.8 Å². The summed E-state index contributed by atoms with van der Waals surface area (Å²) in [5, 5.41) is 2.84. The van der Waals surface area contributed by atoms with Crippen molar-refractivity contribution in [3.8, 4) is 17.8 Å². The average molecular weight is 390 g/mol. The summed E-state index contributed by atoms with van der Waals surface area (Å²) in [7, 11) is 2.96. The van der Waals surface area contributed by atoms with Gasteiger partial charge >= 0.3 is 6.01 Å². The molecule has 0 spiro atoms. The van der Waals surface area contributed by atoms with Gasteiger partial charge in [0.2, 0.25) is 23.8 Å². The van der Waals surface area contributed by atoms with E-state index in [1.807, 2.05) is 44.2 Å². The van der Waals surface area contributed by atoms with Crippen LogP contribution < -0.4 is 25.3 Å². The van der Waals surface area contributed by atoms with Crippen LogP contribution in [0.5, 0.6) is 17.8 Å². The van der Waals surface area contributed by atoms with Crippen LogP contribution in [0.2, 0.25) is 0 Å². The molecule has 0 aliphatic rings. The number of nitrogens with one attached hydrogen (secondary N) is 1. The number of primary amides is 1. The Labute approximate surface area is 164 Å². The molecule has 28 heavy (non-hydrogen) atoms. The number of ether oxygens (including phenoxy) is 3. The fraction of sp³-hybridized carbons (Fsp3) is 0.368. The highest BCUT2D eigenvalue weighted by molar-refractivity contribution is 5.82. The molecular formula is C19H26N4O5. The average Bonchev–Trinajstić information content (AvgIpc) is 2.65. The lowest BCUT2D eigenvalue weighted by Crippen LogP contribution is -2.37. The van der Waals surface area contributed by atoms with Crippen molar-refractivity contribution in [3.05, 3.63) is 42.0 Å². The van der Waals surface area contributed by atoms with E-state index in [-0.39, 0.29) is 35.6 Å². The van der Waals surface area contributed by atoms with Gasteiger partial charge in [0.1, 0.15) is 0 Å². The van der Waals surface area contributed by atoms with E-state index >= 15 is 0 Å². The summed E-state index contributed by atoms with van der Waals surface area (Å²) < 4.78 is 15.9. The molecule has 0 saturated heterocycles. The molecule has 0 aliphatic carbocycles. The van der Waals surface area contributed by atoms with Gasteiger partial charge in [0.15, 0.2) is 0 Å². The normalized spacial score (nSPS) is 10.9. The summed E-state index contributed by atoms with van der Waals surface area (Å²) in [5.41, 5.74) is 5.17. The number of nitrogens with two attached hydrogens (primary N) is 1. The maximum atomic E-state index is 12.5. The molecular weight excluding hydrogens is 364 g/mol. The number of carbonyl (C=O) groups excluding carboxylic acids is 2. The zero-order valence-corrected chi connectivity index (χ0v) is 16.6. The second-order valence-corrected chi connectivity index (χ2v) is 5.92. The molecule has 0 aliphatic heterocycles. The van der Waals surface area contributed by atoms with Crippen molar-refractivity contribution >= 4 is 11.8 Å². The molecule has 9 heteroatoms. The molecule has 3 N–H and O–H groups in total. The van der Waals surface area contributed by atoms with Gasteiger partial charge < -0.3 is 25.3 Å². The number of hydrogen-bond acceptors (Lipinski definition) is 7. The molecule has 0 bridgehead atoms. The lowest BCUT2D eigenvalue weighted by atomic mass is 10.1. The lowest BCUT2D eigenvalue weighted by Gasteiger charge is -2.19. The highest BCUT2D eigenvalue weighted by Gasteiger charge is 2.25. The summed E-state index contributed by atoms with van der Waals surface area (Å²) in [5.74, 6) is -0.0394. The van der Waals surface area contributed by atoms with Crippen molar-refractivity contribution in [2.24, 2.45) is 5.73 Å². The SMILES string of the molecule is CC(N)=O.COc1cc(OC)nc(OC(C(=O)NC(C)C)c2ccccc2)n1. The van der Waals surface area contributed by atoms with Crippen LogP contribution >= 0.6 is 0 Å². The molecule has 152 valence electrons. The minimum Gasteiger partial charge on any atom is -0.481 e. The largest absolute Gasteiger partial charge is 0.481 e. The lowest BCUT2D eigenvalue weighted by molar-refractivity contribution is -0.129. The fourth-order valence-corrected chi connectivity index (χ4v) is 2.01. The monoisotopic (exact) mass is 390 g/mol. The zero-order valence-electron chi connectivity index (χ0n) is 16.6. The van der Waals surface area contributed by atoms with Gasteiger partial charge in [-0.3, -0.25) is 9.59 Å². The second kappa shape index (κ2) is 11.4. The zero-order chi connectivity index (χ0) is 21.1. The molecule has 1 aromatic heterocycles. The van der Waals surface area contributed by atoms with Gasteiger partial charge in [-0.1, -0.05) is 30.3 Å².